The first-order chi connectivity index (χ1) is 9.69. The highest BCUT2D eigenvalue weighted by atomic mass is 32.2. The first-order valence-electron chi connectivity index (χ1n) is 6.44. The van der Waals surface area contributed by atoms with Crippen LogP contribution in [-0.4, -0.2) is 41.0 Å². The van der Waals surface area contributed by atoms with Gasteiger partial charge in [0.05, 0.1) is 10.3 Å². The van der Waals surface area contributed by atoms with Crippen molar-refractivity contribution in [1.82, 2.24) is 15.3 Å². The molecule has 2 aromatic heterocycles. The molecule has 0 radical (unpaired) electrons. The Morgan fingerprint density at radius 1 is 1.45 bits per heavy atom. The Labute approximate surface area is 126 Å². The second-order valence-electron chi connectivity index (χ2n) is 4.24. The number of fused-ring (bicyclic) bond motifs is 1. The number of nitrogens with one attached hydrogen (secondary N) is 2. The summed E-state index contributed by atoms with van der Waals surface area (Å²) in [5.74, 6) is 1.69. The van der Waals surface area contributed by atoms with Crippen molar-refractivity contribution < 1.29 is 4.79 Å². The predicted molar refractivity (Wildman–Crippen MR) is 87.0 cm³/mol. The van der Waals surface area contributed by atoms with E-state index in [0.29, 0.717) is 6.54 Å². The number of thiophene rings is 1. The molecule has 0 fully saturated rings. The first-order valence-corrected chi connectivity index (χ1v) is 8.65. The molecule has 2 rings (SSSR count). The summed E-state index contributed by atoms with van der Waals surface area (Å²) in [5.41, 5.74) is 0.947. The molecule has 0 bridgehead atoms. The van der Waals surface area contributed by atoms with E-state index in [9.17, 15) is 4.79 Å². The minimum Gasteiger partial charge on any atom is -0.370 e. The van der Waals surface area contributed by atoms with Crippen LogP contribution in [0.15, 0.2) is 6.33 Å². The van der Waals surface area contributed by atoms with Gasteiger partial charge < -0.3 is 10.6 Å². The number of carbonyl (C=O) groups is 1. The number of hydrogen-bond donors (Lipinski definition) is 2. The lowest BCUT2D eigenvalue weighted by Gasteiger charge is -2.04. The third-order valence-corrected chi connectivity index (χ3v) is 4.68. The maximum atomic E-state index is 12.2. The zero-order chi connectivity index (χ0) is 14.5. The molecule has 0 atom stereocenters. The molecule has 2 aromatic rings. The van der Waals surface area contributed by atoms with Gasteiger partial charge in [0.15, 0.2) is 0 Å². The van der Waals surface area contributed by atoms with Crippen molar-refractivity contribution in [2.24, 2.45) is 0 Å². The van der Waals surface area contributed by atoms with Crippen LogP contribution in [0.2, 0.25) is 0 Å². The van der Waals surface area contributed by atoms with Crippen molar-refractivity contribution in [3.8, 4) is 0 Å². The molecule has 0 saturated heterocycles. The highest BCUT2D eigenvalue weighted by molar-refractivity contribution is 7.98. The normalized spacial score (nSPS) is 10.8. The van der Waals surface area contributed by atoms with Crippen LogP contribution in [0.1, 0.15) is 22.2 Å². The van der Waals surface area contributed by atoms with Gasteiger partial charge in [-0.25, -0.2) is 9.97 Å². The number of thioether (sulfide) groups is 1. The second-order valence-corrected chi connectivity index (χ2v) is 6.22. The maximum absolute atomic E-state index is 12.2. The molecular formula is C13H18N4OS2. The highest BCUT2D eigenvalue weighted by Gasteiger charge is 2.18. The number of amides is 1. The topological polar surface area (TPSA) is 66.9 Å². The maximum Gasteiger partial charge on any atom is 0.261 e. The van der Waals surface area contributed by atoms with Crippen molar-refractivity contribution in [2.75, 3.05) is 30.4 Å². The van der Waals surface area contributed by atoms with E-state index in [2.05, 4.69) is 20.6 Å². The van der Waals surface area contributed by atoms with Crippen molar-refractivity contribution in [2.45, 2.75) is 13.8 Å². The molecule has 7 heteroatoms. The molecular weight excluding hydrogens is 292 g/mol. The van der Waals surface area contributed by atoms with E-state index >= 15 is 0 Å². The molecule has 108 valence electrons. The summed E-state index contributed by atoms with van der Waals surface area (Å²) in [6.07, 6.45) is 3.56. The van der Waals surface area contributed by atoms with E-state index < -0.39 is 0 Å². The van der Waals surface area contributed by atoms with Crippen molar-refractivity contribution >= 4 is 45.0 Å². The average molecular weight is 310 g/mol. The summed E-state index contributed by atoms with van der Waals surface area (Å²) >= 11 is 3.13. The van der Waals surface area contributed by atoms with E-state index in [0.717, 1.165) is 38.8 Å². The SMILES string of the molecule is CCNc1ncnc2sc(C(=O)NCCSC)c(C)c12. The summed E-state index contributed by atoms with van der Waals surface area (Å²) < 4.78 is 0. The lowest BCUT2D eigenvalue weighted by molar-refractivity contribution is 0.0960. The van der Waals surface area contributed by atoms with Gasteiger partial charge in [0.1, 0.15) is 17.0 Å². The zero-order valence-corrected chi connectivity index (χ0v) is 13.5. The third-order valence-electron chi connectivity index (χ3n) is 2.87. The van der Waals surface area contributed by atoms with Crippen LogP contribution >= 0.6 is 23.1 Å². The zero-order valence-electron chi connectivity index (χ0n) is 11.8. The van der Waals surface area contributed by atoms with Crippen LogP contribution in [0.25, 0.3) is 10.2 Å². The fourth-order valence-corrected chi connectivity index (χ4v) is 3.31. The summed E-state index contributed by atoms with van der Waals surface area (Å²) in [6.45, 7) is 5.44. The van der Waals surface area contributed by atoms with Crippen LogP contribution < -0.4 is 10.6 Å². The number of aryl methyl sites for hydroxylation is 1. The number of nitrogens with zero attached hydrogens (tertiary/aromatic N) is 2. The van der Waals surface area contributed by atoms with Crippen LogP contribution in [0, 0.1) is 6.92 Å². The van der Waals surface area contributed by atoms with E-state index in [1.807, 2.05) is 20.1 Å². The first kappa shape index (κ1) is 15.1. The van der Waals surface area contributed by atoms with Gasteiger partial charge in [-0.3, -0.25) is 4.79 Å². The van der Waals surface area contributed by atoms with Crippen molar-refractivity contribution in [1.29, 1.82) is 0 Å². The Kier molecular flexibility index (Phi) is 5.19. The number of anilines is 1. The Hall–Kier alpha value is -1.34. The Morgan fingerprint density at radius 2 is 2.25 bits per heavy atom. The Bertz CT molecular complexity index is 612. The quantitative estimate of drug-likeness (QED) is 0.803. The van der Waals surface area contributed by atoms with E-state index in [1.165, 1.54) is 17.7 Å². The second kappa shape index (κ2) is 6.90. The van der Waals surface area contributed by atoms with Gasteiger partial charge in [-0.1, -0.05) is 0 Å². The molecule has 0 aliphatic carbocycles. The molecule has 0 unspecified atom stereocenters. The third kappa shape index (κ3) is 3.04. The van der Waals surface area contributed by atoms with E-state index in [4.69, 9.17) is 0 Å². The number of hydrogen-bond acceptors (Lipinski definition) is 6. The van der Waals surface area contributed by atoms with E-state index in [-0.39, 0.29) is 5.91 Å². The standard InChI is InChI=1S/C13H18N4OS2/c1-4-14-11-9-8(2)10(12(18)15-5-6-19-3)20-13(9)17-7-16-11/h7H,4-6H2,1-3H3,(H,15,18)(H,14,16,17). The lowest BCUT2D eigenvalue weighted by atomic mass is 10.2. The number of carbonyl (C=O) groups excluding carboxylic acids is 1. The Balaban J connectivity index is 2.33. The monoisotopic (exact) mass is 310 g/mol. The Morgan fingerprint density at radius 3 is 2.95 bits per heavy atom. The number of aromatic nitrogens is 2. The fraction of sp³-hybridized carbons (Fsp3) is 0.462. The van der Waals surface area contributed by atoms with Gasteiger partial charge in [0, 0.05) is 18.8 Å². The van der Waals surface area contributed by atoms with Crippen LogP contribution in [0.5, 0.6) is 0 Å². The molecule has 0 aromatic carbocycles. The average Bonchev–Trinajstić information content (AvgIpc) is 2.78. The molecule has 0 aliphatic rings. The van der Waals surface area contributed by atoms with Gasteiger partial charge >= 0.3 is 0 Å². The van der Waals surface area contributed by atoms with Crippen molar-refractivity contribution in [3.05, 3.63) is 16.8 Å². The van der Waals surface area contributed by atoms with Crippen molar-refractivity contribution in [3.63, 3.8) is 0 Å². The van der Waals surface area contributed by atoms with Crippen LogP contribution in [0.4, 0.5) is 5.82 Å². The van der Waals surface area contributed by atoms with Gasteiger partial charge in [0.2, 0.25) is 0 Å². The summed E-state index contributed by atoms with van der Waals surface area (Å²) in [7, 11) is 0. The minimum atomic E-state index is -0.0259. The molecule has 0 saturated carbocycles. The molecule has 0 spiro atoms. The molecule has 20 heavy (non-hydrogen) atoms. The molecule has 0 aliphatic heterocycles. The van der Waals surface area contributed by atoms with Gasteiger partial charge in [-0.05, 0) is 25.7 Å². The summed E-state index contributed by atoms with van der Waals surface area (Å²) in [4.78, 5) is 22.3. The van der Waals surface area contributed by atoms with Gasteiger partial charge in [-0.2, -0.15) is 11.8 Å². The van der Waals surface area contributed by atoms with Crippen LogP contribution in [-0.2, 0) is 0 Å². The summed E-state index contributed by atoms with van der Waals surface area (Å²) in [5, 5.41) is 7.10. The molecule has 2 heterocycles. The fourth-order valence-electron chi connectivity index (χ4n) is 1.94. The minimum absolute atomic E-state index is 0.0259. The molecule has 2 N–H and O–H groups in total. The van der Waals surface area contributed by atoms with Gasteiger partial charge in [-0.15, -0.1) is 11.3 Å². The smallest absolute Gasteiger partial charge is 0.261 e. The molecule has 1 amide bonds. The largest absolute Gasteiger partial charge is 0.370 e. The van der Waals surface area contributed by atoms with E-state index in [1.54, 1.807) is 11.8 Å². The summed E-state index contributed by atoms with van der Waals surface area (Å²) in [6, 6.07) is 0. The number of rotatable bonds is 6. The molecule has 5 nitrogen and oxygen atoms in total. The lowest BCUT2D eigenvalue weighted by Crippen LogP contribution is -2.25. The van der Waals surface area contributed by atoms with Gasteiger partial charge in [0.25, 0.3) is 5.91 Å². The van der Waals surface area contributed by atoms with Crippen LogP contribution in [0.3, 0.4) is 0 Å². The highest BCUT2D eigenvalue weighted by Crippen LogP contribution is 2.33. The predicted octanol–water partition coefficient (Wildman–Crippen LogP) is 2.52.